The van der Waals surface area contributed by atoms with Crippen LogP contribution in [-0.2, 0) is 0 Å². The topological polar surface area (TPSA) is 33.4 Å². The van der Waals surface area contributed by atoms with Crippen LogP contribution < -0.4 is 4.90 Å². The SMILES string of the molecule is Clc1cn2ccnc2c(N2CCCC2)n1. The summed E-state index contributed by atoms with van der Waals surface area (Å²) < 4.78 is 1.92. The van der Waals surface area contributed by atoms with E-state index in [0.29, 0.717) is 5.15 Å². The number of fused-ring (bicyclic) bond motifs is 1. The molecule has 0 atom stereocenters. The van der Waals surface area contributed by atoms with Gasteiger partial charge in [0.25, 0.3) is 0 Å². The first-order valence-corrected chi connectivity index (χ1v) is 5.46. The van der Waals surface area contributed by atoms with Gasteiger partial charge >= 0.3 is 0 Å². The van der Waals surface area contributed by atoms with E-state index in [1.165, 1.54) is 12.8 Å². The fourth-order valence-electron chi connectivity index (χ4n) is 2.03. The van der Waals surface area contributed by atoms with Gasteiger partial charge in [-0.1, -0.05) is 11.6 Å². The lowest BCUT2D eigenvalue weighted by molar-refractivity contribution is 0.928. The molecule has 0 amide bonds. The Morgan fingerprint density at radius 2 is 2.07 bits per heavy atom. The molecule has 0 N–H and O–H groups in total. The summed E-state index contributed by atoms with van der Waals surface area (Å²) >= 11 is 5.97. The van der Waals surface area contributed by atoms with Crippen molar-refractivity contribution in [3.8, 4) is 0 Å². The third-order valence-electron chi connectivity index (χ3n) is 2.73. The minimum Gasteiger partial charge on any atom is -0.353 e. The van der Waals surface area contributed by atoms with Crippen LogP contribution in [0.25, 0.3) is 5.65 Å². The molecular formula is C10H11ClN4. The molecule has 1 aliphatic heterocycles. The number of hydrogen-bond acceptors (Lipinski definition) is 3. The molecule has 0 aliphatic carbocycles. The minimum absolute atomic E-state index is 0.516. The van der Waals surface area contributed by atoms with Crippen LogP contribution in [0.3, 0.4) is 0 Å². The zero-order chi connectivity index (χ0) is 10.3. The summed E-state index contributed by atoms with van der Waals surface area (Å²) in [7, 11) is 0. The molecule has 0 radical (unpaired) electrons. The Bertz CT molecular complexity index is 487. The van der Waals surface area contributed by atoms with Gasteiger partial charge in [-0.15, -0.1) is 0 Å². The Kier molecular flexibility index (Phi) is 2.02. The Morgan fingerprint density at radius 1 is 1.27 bits per heavy atom. The standard InChI is InChI=1S/C10H11ClN4/c11-8-7-15-6-3-12-9(15)10(13-8)14-4-1-2-5-14/h3,6-7H,1-2,4-5H2. The number of anilines is 1. The summed E-state index contributed by atoms with van der Waals surface area (Å²) in [6, 6.07) is 0. The van der Waals surface area contributed by atoms with E-state index in [4.69, 9.17) is 11.6 Å². The molecule has 0 bridgehead atoms. The summed E-state index contributed by atoms with van der Waals surface area (Å²) in [5, 5.41) is 0.516. The van der Waals surface area contributed by atoms with Crippen molar-refractivity contribution >= 4 is 23.1 Å². The zero-order valence-electron chi connectivity index (χ0n) is 8.23. The highest BCUT2D eigenvalue weighted by Crippen LogP contribution is 2.23. The lowest BCUT2D eigenvalue weighted by Gasteiger charge is -2.16. The summed E-state index contributed by atoms with van der Waals surface area (Å²) in [4.78, 5) is 10.9. The van der Waals surface area contributed by atoms with Crippen molar-refractivity contribution in [1.82, 2.24) is 14.4 Å². The lowest BCUT2D eigenvalue weighted by Crippen LogP contribution is -2.20. The van der Waals surface area contributed by atoms with Gasteiger partial charge in [0.1, 0.15) is 5.15 Å². The Balaban J connectivity index is 2.18. The van der Waals surface area contributed by atoms with E-state index in [0.717, 1.165) is 24.6 Å². The summed E-state index contributed by atoms with van der Waals surface area (Å²) in [5.41, 5.74) is 0.890. The van der Waals surface area contributed by atoms with Gasteiger partial charge in [0, 0.05) is 31.7 Å². The number of rotatable bonds is 1. The van der Waals surface area contributed by atoms with Crippen LogP contribution in [0.1, 0.15) is 12.8 Å². The van der Waals surface area contributed by atoms with Crippen LogP contribution in [-0.4, -0.2) is 27.5 Å². The molecule has 0 saturated carbocycles. The van der Waals surface area contributed by atoms with E-state index in [9.17, 15) is 0 Å². The fraction of sp³-hybridized carbons (Fsp3) is 0.400. The molecule has 5 heteroatoms. The maximum Gasteiger partial charge on any atom is 0.180 e. The minimum atomic E-state index is 0.516. The highest BCUT2D eigenvalue weighted by atomic mass is 35.5. The predicted octanol–water partition coefficient (Wildman–Crippen LogP) is 1.98. The molecule has 4 nitrogen and oxygen atoms in total. The summed E-state index contributed by atoms with van der Waals surface area (Å²) in [6.45, 7) is 2.10. The quantitative estimate of drug-likeness (QED) is 0.740. The van der Waals surface area contributed by atoms with Gasteiger partial charge in [-0.3, -0.25) is 0 Å². The molecule has 1 saturated heterocycles. The second-order valence-electron chi connectivity index (χ2n) is 3.74. The van der Waals surface area contributed by atoms with Gasteiger partial charge in [0.05, 0.1) is 0 Å². The van der Waals surface area contributed by atoms with Crippen molar-refractivity contribution < 1.29 is 0 Å². The first-order chi connectivity index (χ1) is 7.34. The second-order valence-corrected chi connectivity index (χ2v) is 4.13. The van der Waals surface area contributed by atoms with E-state index >= 15 is 0 Å². The third kappa shape index (κ3) is 1.45. The Hall–Kier alpha value is -1.29. The van der Waals surface area contributed by atoms with E-state index in [-0.39, 0.29) is 0 Å². The second kappa shape index (κ2) is 3.38. The van der Waals surface area contributed by atoms with Gasteiger partial charge in [-0.25, -0.2) is 9.97 Å². The zero-order valence-corrected chi connectivity index (χ0v) is 8.98. The van der Waals surface area contributed by atoms with Crippen molar-refractivity contribution in [2.45, 2.75) is 12.8 Å². The molecule has 0 spiro atoms. The van der Waals surface area contributed by atoms with Crippen LogP contribution in [0, 0.1) is 0 Å². The largest absolute Gasteiger partial charge is 0.353 e. The Morgan fingerprint density at radius 3 is 2.87 bits per heavy atom. The summed E-state index contributed by atoms with van der Waals surface area (Å²) in [6.07, 6.45) is 7.89. The normalized spacial score (nSPS) is 16.5. The van der Waals surface area contributed by atoms with Gasteiger partial charge < -0.3 is 9.30 Å². The molecule has 2 aromatic heterocycles. The first-order valence-electron chi connectivity index (χ1n) is 5.09. The van der Waals surface area contributed by atoms with Crippen molar-refractivity contribution in [3.05, 3.63) is 23.7 Å². The van der Waals surface area contributed by atoms with E-state index in [1.807, 2.05) is 10.6 Å². The van der Waals surface area contributed by atoms with Crippen LogP contribution in [0.15, 0.2) is 18.6 Å². The van der Waals surface area contributed by atoms with Crippen LogP contribution in [0.4, 0.5) is 5.82 Å². The average Bonchev–Trinajstić information content (AvgIpc) is 2.86. The first kappa shape index (κ1) is 8.97. The lowest BCUT2D eigenvalue weighted by atomic mass is 10.4. The van der Waals surface area contributed by atoms with Crippen molar-refractivity contribution in [3.63, 3.8) is 0 Å². The van der Waals surface area contributed by atoms with E-state index in [1.54, 1.807) is 12.4 Å². The molecule has 0 unspecified atom stereocenters. The van der Waals surface area contributed by atoms with Gasteiger partial charge in [0.2, 0.25) is 0 Å². The van der Waals surface area contributed by atoms with Crippen LogP contribution in [0.5, 0.6) is 0 Å². The van der Waals surface area contributed by atoms with Gasteiger partial charge in [-0.05, 0) is 12.8 Å². The van der Waals surface area contributed by atoms with Crippen LogP contribution >= 0.6 is 11.6 Å². The molecule has 1 fully saturated rings. The molecule has 2 aromatic rings. The highest BCUT2D eigenvalue weighted by molar-refractivity contribution is 6.29. The number of halogens is 1. The molecule has 3 rings (SSSR count). The number of aromatic nitrogens is 3. The fourth-order valence-corrected chi connectivity index (χ4v) is 2.21. The predicted molar refractivity (Wildman–Crippen MR) is 59.4 cm³/mol. The maximum atomic E-state index is 5.97. The molecule has 0 aromatic carbocycles. The monoisotopic (exact) mass is 222 g/mol. The smallest absolute Gasteiger partial charge is 0.180 e. The van der Waals surface area contributed by atoms with Crippen molar-refractivity contribution in [2.24, 2.45) is 0 Å². The summed E-state index contributed by atoms with van der Waals surface area (Å²) in [5.74, 6) is 0.907. The molecule has 78 valence electrons. The average molecular weight is 223 g/mol. The van der Waals surface area contributed by atoms with Gasteiger partial charge in [-0.2, -0.15) is 0 Å². The molecule has 1 aliphatic rings. The van der Waals surface area contributed by atoms with E-state index < -0.39 is 0 Å². The van der Waals surface area contributed by atoms with Crippen molar-refractivity contribution in [2.75, 3.05) is 18.0 Å². The molecule has 3 heterocycles. The third-order valence-corrected chi connectivity index (χ3v) is 2.91. The molecule has 15 heavy (non-hydrogen) atoms. The maximum absolute atomic E-state index is 5.97. The number of nitrogens with zero attached hydrogens (tertiary/aromatic N) is 4. The molecular weight excluding hydrogens is 212 g/mol. The van der Waals surface area contributed by atoms with E-state index in [2.05, 4.69) is 14.9 Å². The highest BCUT2D eigenvalue weighted by Gasteiger charge is 2.17. The van der Waals surface area contributed by atoms with Gasteiger partial charge in [0.15, 0.2) is 11.5 Å². The number of imidazole rings is 1. The van der Waals surface area contributed by atoms with Crippen molar-refractivity contribution in [1.29, 1.82) is 0 Å². The Labute approximate surface area is 92.5 Å². The van der Waals surface area contributed by atoms with Crippen LogP contribution in [0.2, 0.25) is 5.15 Å². The number of hydrogen-bond donors (Lipinski definition) is 0.